The minimum Gasteiger partial charge on any atom is -0.492 e. The van der Waals surface area contributed by atoms with E-state index in [0.29, 0.717) is 18.9 Å². The third-order valence-electron chi connectivity index (χ3n) is 4.56. The molecule has 0 spiro atoms. The maximum atomic E-state index is 13.1. The van der Waals surface area contributed by atoms with Gasteiger partial charge in [0.25, 0.3) is 0 Å². The predicted molar refractivity (Wildman–Crippen MR) is 119 cm³/mol. The standard InChI is InChI=1S/C21H26N4O6S/c1-2-31-18-9-8-17(14-19(18)32(28,29)25-10-12-30-13-11-25)23-20(26)15-22-21(27)24-16-6-4-3-5-7-16/h3-9,14H,2,10-13,15H2,1H3,(H,23,26)(H2,22,24,27). The molecule has 3 amide bonds. The molecule has 32 heavy (non-hydrogen) atoms. The molecule has 1 aliphatic heterocycles. The van der Waals surface area contributed by atoms with Crippen molar-refractivity contribution in [2.75, 3.05) is 50.1 Å². The molecule has 10 nitrogen and oxygen atoms in total. The highest BCUT2D eigenvalue weighted by atomic mass is 32.2. The van der Waals surface area contributed by atoms with Crippen LogP contribution >= 0.6 is 0 Å². The van der Waals surface area contributed by atoms with E-state index in [1.54, 1.807) is 37.3 Å². The molecule has 0 aromatic heterocycles. The van der Waals surface area contributed by atoms with Crippen LogP contribution in [-0.2, 0) is 19.6 Å². The second-order valence-electron chi connectivity index (χ2n) is 6.83. The summed E-state index contributed by atoms with van der Waals surface area (Å²) >= 11 is 0. The van der Waals surface area contributed by atoms with Gasteiger partial charge in [0.1, 0.15) is 10.6 Å². The summed E-state index contributed by atoms with van der Waals surface area (Å²) in [5.74, 6) is -0.301. The lowest BCUT2D eigenvalue weighted by molar-refractivity contribution is -0.115. The number of carbonyl (C=O) groups is 2. The van der Waals surface area contributed by atoms with Gasteiger partial charge in [-0.3, -0.25) is 4.79 Å². The smallest absolute Gasteiger partial charge is 0.319 e. The molecule has 2 aromatic rings. The van der Waals surface area contributed by atoms with Gasteiger partial charge in [0.2, 0.25) is 15.9 Å². The Bertz CT molecular complexity index is 1040. The van der Waals surface area contributed by atoms with Crippen LogP contribution in [0.3, 0.4) is 0 Å². The zero-order valence-electron chi connectivity index (χ0n) is 17.7. The highest BCUT2D eigenvalue weighted by molar-refractivity contribution is 7.89. The van der Waals surface area contributed by atoms with Crippen LogP contribution in [0.1, 0.15) is 6.92 Å². The molecule has 11 heteroatoms. The average molecular weight is 463 g/mol. The molecule has 3 N–H and O–H groups in total. The Morgan fingerprint density at radius 1 is 1.03 bits per heavy atom. The summed E-state index contributed by atoms with van der Waals surface area (Å²) in [6.45, 7) is 2.87. The zero-order chi connectivity index (χ0) is 23.0. The first kappa shape index (κ1) is 23.5. The highest BCUT2D eigenvalue weighted by Gasteiger charge is 2.29. The van der Waals surface area contributed by atoms with Crippen LogP contribution in [-0.4, -0.2) is 64.1 Å². The van der Waals surface area contributed by atoms with Gasteiger partial charge in [-0.2, -0.15) is 4.31 Å². The van der Waals surface area contributed by atoms with E-state index in [-0.39, 0.29) is 42.6 Å². The number of amides is 3. The highest BCUT2D eigenvalue weighted by Crippen LogP contribution is 2.30. The molecular formula is C21H26N4O6S. The van der Waals surface area contributed by atoms with Gasteiger partial charge in [-0.1, -0.05) is 18.2 Å². The van der Waals surface area contributed by atoms with Crippen LogP contribution in [0.5, 0.6) is 5.75 Å². The third-order valence-corrected chi connectivity index (χ3v) is 6.48. The molecule has 1 heterocycles. The van der Waals surface area contributed by atoms with Gasteiger partial charge in [-0.15, -0.1) is 0 Å². The van der Waals surface area contributed by atoms with Crippen LogP contribution < -0.4 is 20.7 Å². The summed E-state index contributed by atoms with van der Waals surface area (Å²) in [5, 5.41) is 7.66. The monoisotopic (exact) mass is 462 g/mol. The second-order valence-corrected chi connectivity index (χ2v) is 8.74. The van der Waals surface area contributed by atoms with Crippen molar-refractivity contribution < 1.29 is 27.5 Å². The number of urea groups is 1. The van der Waals surface area contributed by atoms with E-state index in [9.17, 15) is 18.0 Å². The van der Waals surface area contributed by atoms with Gasteiger partial charge < -0.3 is 25.4 Å². The Balaban J connectivity index is 1.66. The molecule has 3 rings (SSSR count). The SMILES string of the molecule is CCOc1ccc(NC(=O)CNC(=O)Nc2ccccc2)cc1S(=O)(=O)N1CCOCC1. The predicted octanol–water partition coefficient (Wildman–Crippen LogP) is 1.87. The number of hydrogen-bond donors (Lipinski definition) is 3. The molecule has 2 aromatic carbocycles. The van der Waals surface area contributed by atoms with Crippen molar-refractivity contribution in [3.8, 4) is 5.75 Å². The van der Waals surface area contributed by atoms with Crippen molar-refractivity contribution in [3.05, 3.63) is 48.5 Å². The zero-order valence-corrected chi connectivity index (χ0v) is 18.5. The fourth-order valence-corrected chi connectivity index (χ4v) is 4.62. The Labute approximate surface area is 186 Å². The van der Waals surface area contributed by atoms with Gasteiger partial charge in [0.05, 0.1) is 26.4 Å². The summed E-state index contributed by atoms with van der Waals surface area (Å²) in [6, 6.07) is 12.7. The van der Waals surface area contributed by atoms with Gasteiger partial charge in [-0.05, 0) is 37.3 Å². The van der Waals surface area contributed by atoms with Gasteiger partial charge in [0, 0.05) is 24.5 Å². The molecule has 1 fully saturated rings. The topological polar surface area (TPSA) is 126 Å². The van der Waals surface area contributed by atoms with E-state index < -0.39 is 22.0 Å². The van der Waals surface area contributed by atoms with E-state index in [4.69, 9.17) is 9.47 Å². The van der Waals surface area contributed by atoms with Crippen LogP contribution in [0.4, 0.5) is 16.2 Å². The average Bonchev–Trinajstić information content (AvgIpc) is 2.80. The lowest BCUT2D eigenvalue weighted by Gasteiger charge is -2.27. The molecule has 1 saturated heterocycles. The Morgan fingerprint density at radius 3 is 2.44 bits per heavy atom. The van der Waals surface area contributed by atoms with Crippen molar-refractivity contribution in [1.29, 1.82) is 0 Å². The quantitative estimate of drug-likeness (QED) is 0.550. The number of nitrogens with one attached hydrogen (secondary N) is 3. The lowest BCUT2D eigenvalue weighted by Crippen LogP contribution is -2.40. The fourth-order valence-electron chi connectivity index (χ4n) is 3.05. The van der Waals surface area contributed by atoms with E-state index in [0.717, 1.165) is 0 Å². The van der Waals surface area contributed by atoms with Crippen molar-refractivity contribution in [3.63, 3.8) is 0 Å². The molecular weight excluding hydrogens is 436 g/mol. The molecule has 0 saturated carbocycles. The number of rotatable bonds is 8. The summed E-state index contributed by atoms with van der Waals surface area (Å²) in [5.41, 5.74) is 0.866. The van der Waals surface area contributed by atoms with Crippen molar-refractivity contribution in [2.45, 2.75) is 11.8 Å². The molecule has 172 valence electrons. The number of ether oxygens (including phenoxy) is 2. The molecule has 0 atom stereocenters. The van der Waals surface area contributed by atoms with Crippen LogP contribution in [0.2, 0.25) is 0 Å². The molecule has 0 unspecified atom stereocenters. The van der Waals surface area contributed by atoms with Crippen LogP contribution in [0, 0.1) is 0 Å². The number of nitrogens with zero attached hydrogens (tertiary/aromatic N) is 1. The van der Waals surface area contributed by atoms with Gasteiger partial charge in [-0.25, -0.2) is 13.2 Å². The van der Waals surface area contributed by atoms with Crippen molar-refractivity contribution in [1.82, 2.24) is 9.62 Å². The number of benzene rings is 2. The first-order valence-corrected chi connectivity index (χ1v) is 11.6. The van der Waals surface area contributed by atoms with Gasteiger partial charge >= 0.3 is 6.03 Å². The van der Waals surface area contributed by atoms with E-state index in [1.165, 1.54) is 16.4 Å². The maximum Gasteiger partial charge on any atom is 0.319 e. The van der Waals surface area contributed by atoms with Crippen molar-refractivity contribution in [2.24, 2.45) is 0 Å². The van der Waals surface area contributed by atoms with Gasteiger partial charge in [0.15, 0.2) is 0 Å². The number of sulfonamides is 1. The number of anilines is 2. The molecule has 0 radical (unpaired) electrons. The normalized spacial score (nSPS) is 14.4. The summed E-state index contributed by atoms with van der Waals surface area (Å²) in [4.78, 5) is 24.2. The van der Waals surface area contributed by atoms with E-state index in [1.807, 2.05) is 6.07 Å². The minimum atomic E-state index is -3.84. The Kier molecular flexibility index (Phi) is 8.03. The molecule has 1 aliphatic rings. The third kappa shape index (κ3) is 6.19. The number of hydrogen-bond acceptors (Lipinski definition) is 6. The molecule has 0 aliphatic carbocycles. The van der Waals surface area contributed by atoms with E-state index in [2.05, 4.69) is 16.0 Å². The number of morpholine rings is 1. The summed E-state index contributed by atoms with van der Waals surface area (Å²) in [7, 11) is -3.84. The van der Waals surface area contributed by atoms with Crippen molar-refractivity contribution >= 4 is 33.3 Å². The van der Waals surface area contributed by atoms with Crippen LogP contribution in [0.25, 0.3) is 0 Å². The number of para-hydroxylation sites is 1. The number of carbonyl (C=O) groups excluding carboxylic acids is 2. The summed E-state index contributed by atoms with van der Waals surface area (Å²) in [6.07, 6.45) is 0. The fraction of sp³-hybridized carbons (Fsp3) is 0.333. The first-order valence-electron chi connectivity index (χ1n) is 10.1. The lowest BCUT2D eigenvalue weighted by atomic mass is 10.3. The van der Waals surface area contributed by atoms with Crippen LogP contribution in [0.15, 0.2) is 53.4 Å². The largest absolute Gasteiger partial charge is 0.492 e. The Hall–Kier alpha value is -3.15. The Morgan fingerprint density at radius 2 is 1.75 bits per heavy atom. The second kappa shape index (κ2) is 10.9. The minimum absolute atomic E-state index is 0.0335. The first-order chi connectivity index (χ1) is 15.4. The maximum absolute atomic E-state index is 13.1. The van der Waals surface area contributed by atoms with E-state index >= 15 is 0 Å². The summed E-state index contributed by atoms with van der Waals surface area (Å²) < 4.78 is 38.3. The molecule has 0 bridgehead atoms.